The zero-order chi connectivity index (χ0) is 33.1. The van der Waals surface area contributed by atoms with E-state index in [1.54, 1.807) is 25.7 Å². The van der Waals surface area contributed by atoms with Crippen molar-refractivity contribution in [2.45, 2.75) is 219 Å². The predicted octanol–water partition coefficient (Wildman–Crippen LogP) is 12.0. The van der Waals surface area contributed by atoms with Crippen LogP contribution in [0.2, 0.25) is 0 Å². The lowest BCUT2D eigenvalue weighted by molar-refractivity contribution is -0.173. The third-order valence-corrected chi connectivity index (χ3v) is 18.2. The van der Waals surface area contributed by atoms with Crippen molar-refractivity contribution in [1.29, 1.82) is 0 Å². The highest BCUT2D eigenvalue weighted by atomic mass is 15.2. The molecule has 10 unspecified atom stereocenters. The predicted molar refractivity (Wildman–Crippen MR) is 204 cm³/mol. The zero-order valence-corrected chi connectivity index (χ0v) is 32.8. The molecule has 0 aromatic rings. The summed E-state index contributed by atoms with van der Waals surface area (Å²) in [7, 11) is 0. The second kappa shape index (κ2) is 14.7. The molecule has 0 aromatic heterocycles. The van der Waals surface area contributed by atoms with Crippen LogP contribution in [0.4, 0.5) is 0 Å². The van der Waals surface area contributed by atoms with Crippen molar-refractivity contribution in [3.8, 4) is 0 Å². The van der Waals surface area contributed by atoms with Crippen LogP contribution in [0.5, 0.6) is 0 Å². The van der Waals surface area contributed by atoms with Crippen molar-refractivity contribution in [1.82, 2.24) is 9.80 Å². The average molecular weight is 661 g/mol. The van der Waals surface area contributed by atoms with Gasteiger partial charge in [0.15, 0.2) is 0 Å². The summed E-state index contributed by atoms with van der Waals surface area (Å²) in [5.41, 5.74) is 0. The number of rotatable bonds is 6. The normalized spacial score (nSPS) is 53.0. The molecular weight excluding hydrogens is 581 g/mol. The van der Waals surface area contributed by atoms with E-state index in [1.807, 2.05) is 0 Å². The Morgan fingerprint density at radius 1 is 0.292 bits per heavy atom. The van der Waals surface area contributed by atoms with E-state index in [2.05, 4.69) is 51.3 Å². The Kier molecular flexibility index (Phi) is 10.7. The highest BCUT2D eigenvalue weighted by Crippen LogP contribution is 2.64. The standard InChI is InChI=1S/C46H80N2/c1-29-7-15-35(16-8-29)47(36-17-9-30(2)10-18-36)43-27-33(5)39-24-26-42-44(28-34(6)40-23-25-41(43)45(39)46(40)42)48(37-19-11-31(3)12-20-37)38-21-13-32(4)14-22-38/h29-46H,7-28H2,1-6H3. The van der Waals surface area contributed by atoms with E-state index >= 15 is 0 Å². The van der Waals surface area contributed by atoms with Gasteiger partial charge < -0.3 is 0 Å². The lowest BCUT2D eigenvalue weighted by Gasteiger charge is -2.66. The highest BCUT2D eigenvalue weighted by Gasteiger charge is 2.61. The van der Waals surface area contributed by atoms with Crippen LogP contribution in [-0.2, 0) is 0 Å². The summed E-state index contributed by atoms with van der Waals surface area (Å²) >= 11 is 0. The van der Waals surface area contributed by atoms with Crippen LogP contribution in [0.1, 0.15) is 183 Å². The van der Waals surface area contributed by atoms with Crippen molar-refractivity contribution in [3.05, 3.63) is 0 Å². The van der Waals surface area contributed by atoms with Gasteiger partial charge in [0, 0.05) is 36.3 Å². The van der Waals surface area contributed by atoms with Crippen LogP contribution in [0.3, 0.4) is 0 Å². The van der Waals surface area contributed by atoms with Crippen LogP contribution < -0.4 is 0 Å². The van der Waals surface area contributed by atoms with Crippen LogP contribution in [0.25, 0.3) is 0 Å². The summed E-state index contributed by atoms with van der Waals surface area (Å²) < 4.78 is 0. The SMILES string of the molecule is CC1CCC(N(C2CCC(C)CC2)C2CC(C)C3CCC4C5C(CCC2C35)C(C)CC4N(C2CCC(C)CC2)C2CCC(C)CC2)CC1. The Hall–Kier alpha value is -0.0800. The average Bonchev–Trinajstić information content (AvgIpc) is 3.09. The number of nitrogens with zero attached hydrogens (tertiary/aromatic N) is 2. The molecule has 0 radical (unpaired) electrons. The monoisotopic (exact) mass is 661 g/mol. The second-order valence-electron chi connectivity index (χ2n) is 21.1. The summed E-state index contributed by atoms with van der Waals surface area (Å²) in [6.07, 6.45) is 33.3. The molecule has 10 atom stereocenters. The molecule has 0 heterocycles. The molecular formula is C46H80N2. The quantitative estimate of drug-likeness (QED) is 0.280. The summed E-state index contributed by atoms with van der Waals surface area (Å²) in [5.74, 6) is 11.8. The lowest BCUT2D eigenvalue weighted by Crippen LogP contribution is -2.66. The van der Waals surface area contributed by atoms with E-state index in [-0.39, 0.29) is 0 Å². The summed E-state index contributed by atoms with van der Waals surface area (Å²) in [6, 6.07) is 5.35. The minimum atomic E-state index is 0.890. The minimum absolute atomic E-state index is 0.890. The minimum Gasteiger partial charge on any atom is -0.294 e. The van der Waals surface area contributed by atoms with E-state index in [1.165, 1.54) is 116 Å². The van der Waals surface area contributed by atoms with Gasteiger partial charge >= 0.3 is 0 Å². The zero-order valence-electron chi connectivity index (χ0n) is 32.8. The maximum absolute atomic E-state index is 3.38. The highest BCUT2D eigenvalue weighted by molar-refractivity contribution is 5.11. The van der Waals surface area contributed by atoms with Gasteiger partial charge in [-0.3, -0.25) is 9.80 Å². The van der Waals surface area contributed by atoms with Gasteiger partial charge in [-0.25, -0.2) is 0 Å². The van der Waals surface area contributed by atoms with E-state index in [0.29, 0.717) is 0 Å². The smallest absolute Gasteiger partial charge is 0.0135 e. The van der Waals surface area contributed by atoms with Crippen molar-refractivity contribution >= 4 is 0 Å². The molecule has 8 saturated carbocycles. The topological polar surface area (TPSA) is 6.48 Å². The largest absolute Gasteiger partial charge is 0.294 e. The van der Waals surface area contributed by atoms with Gasteiger partial charge in [0.2, 0.25) is 0 Å². The molecule has 48 heavy (non-hydrogen) atoms. The molecule has 274 valence electrons. The van der Waals surface area contributed by atoms with Crippen molar-refractivity contribution in [2.24, 2.45) is 71.0 Å². The summed E-state index contributed by atoms with van der Waals surface area (Å²) in [6.45, 7) is 15.7. The molecule has 0 N–H and O–H groups in total. The first-order valence-electron chi connectivity index (χ1n) is 22.8. The third-order valence-electron chi connectivity index (χ3n) is 18.2. The van der Waals surface area contributed by atoms with Crippen molar-refractivity contribution < 1.29 is 0 Å². The van der Waals surface area contributed by atoms with Crippen LogP contribution >= 0.6 is 0 Å². The molecule has 0 saturated heterocycles. The van der Waals surface area contributed by atoms with Crippen LogP contribution in [-0.4, -0.2) is 46.1 Å². The maximum atomic E-state index is 3.38. The van der Waals surface area contributed by atoms with Gasteiger partial charge in [0.25, 0.3) is 0 Å². The molecule has 0 aromatic carbocycles. The Labute approximate surface area is 299 Å². The van der Waals surface area contributed by atoms with Crippen LogP contribution in [0.15, 0.2) is 0 Å². The number of hydrogen-bond acceptors (Lipinski definition) is 2. The van der Waals surface area contributed by atoms with E-state index in [9.17, 15) is 0 Å². The first-order valence-corrected chi connectivity index (χ1v) is 22.8. The molecule has 0 amide bonds. The van der Waals surface area contributed by atoms with Gasteiger partial charge in [-0.2, -0.15) is 0 Å². The second-order valence-corrected chi connectivity index (χ2v) is 21.1. The molecule has 0 bridgehead atoms. The number of hydrogen-bond donors (Lipinski definition) is 0. The Morgan fingerprint density at radius 2 is 0.542 bits per heavy atom. The fourth-order valence-electron chi connectivity index (χ4n) is 15.5. The molecule has 0 spiro atoms. The van der Waals surface area contributed by atoms with Gasteiger partial charge in [-0.05, 0) is 212 Å². The van der Waals surface area contributed by atoms with E-state index in [0.717, 1.165) is 107 Å². The molecule has 8 aliphatic carbocycles. The Bertz CT molecular complexity index is 897. The lowest BCUT2D eigenvalue weighted by atomic mass is 9.43. The summed E-state index contributed by atoms with van der Waals surface area (Å²) in [4.78, 5) is 6.75. The van der Waals surface area contributed by atoms with Gasteiger partial charge in [0.1, 0.15) is 0 Å². The van der Waals surface area contributed by atoms with E-state index in [4.69, 9.17) is 0 Å². The molecule has 8 fully saturated rings. The maximum Gasteiger partial charge on any atom is 0.0135 e. The van der Waals surface area contributed by atoms with E-state index < -0.39 is 0 Å². The Balaban J connectivity index is 1.11. The van der Waals surface area contributed by atoms with Crippen LogP contribution in [0, 0.1) is 71.0 Å². The molecule has 0 aliphatic heterocycles. The molecule has 2 nitrogen and oxygen atoms in total. The van der Waals surface area contributed by atoms with Crippen molar-refractivity contribution in [2.75, 3.05) is 0 Å². The Morgan fingerprint density at radius 3 is 0.812 bits per heavy atom. The van der Waals surface area contributed by atoms with Gasteiger partial charge in [-0.15, -0.1) is 0 Å². The summed E-state index contributed by atoms with van der Waals surface area (Å²) in [5, 5.41) is 0. The fraction of sp³-hybridized carbons (Fsp3) is 1.00. The fourth-order valence-corrected chi connectivity index (χ4v) is 15.5. The molecule has 2 heteroatoms. The van der Waals surface area contributed by atoms with Crippen molar-refractivity contribution in [3.63, 3.8) is 0 Å². The molecule has 8 aliphatic rings. The first-order chi connectivity index (χ1) is 23.3. The first kappa shape index (κ1) is 35.0. The third kappa shape index (κ3) is 6.66. The van der Waals surface area contributed by atoms with Gasteiger partial charge in [-0.1, -0.05) is 41.5 Å². The molecule has 8 rings (SSSR count). The van der Waals surface area contributed by atoms with Gasteiger partial charge in [0.05, 0.1) is 0 Å².